The predicted octanol–water partition coefficient (Wildman–Crippen LogP) is 5.51. The molecule has 0 bridgehead atoms. The first-order valence-corrected chi connectivity index (χ1v) is 12.7. The van der Waals surface area contributed by atoms with Crippen LogP contribution in [0.5, 0.6) is 0 Å². The van der Waals surface area contributed by atoms with Crippen LogP contribution in [0.25, 0.3) is 4.83 Å². The summed E-state index contributed by atoms with van der Waals surface area (Å²) in [6.45, 7) is 6.78. The van der Waals surface area contributed by atoms with Gasteiger partial charge >= 0.3 is 0 Å². The van der Waals surface area contributed by atoms with Gasteiger partial charge in [0.25, 0.3) is 0 Å². The second-order valence-corrected chi connectivity index (χ2v) is 13.6. The summed E-state index contributed by atoms with van der Waals surface area (Å²) in [5.74, 6) is 0. The molecule has 3 aromatic heterocycles. The van der Waals surface area contributed by atoms with Gasteiger partial charge in [-0.2, -0.15) is 0 Å². The lowest BCUT2D eigenvalue weighted by Gasteiger charge is -2.32. The maximum absolute atomic E-state index is 6.86. The normalized spacial score (nSPS) is 13.5. The summed E-state index contributed by atoms with van der Waals surface area (Å²) < 4.78 is 10.2. The number of imidazole rings is 1. The molecule has 0 amide bonds. The fourth-order valence-corrected chi connectivity index (χ4v) is 7.53. The molecule has 24 heavy (non-hydrogen) atoms. The van der Waals surface area contributed by atoms with E-state index in [2.05, 4.69) is 65.0 Å². The van der Waals surface area contributed by atoms with E-state index in [0.29, 0.717) is 0 Å². The number of thiazole rings is 1. The summed E-state index contributed by atoms with van der Waals surface area (Å²) in [6.07, 6.45) is 7.59. The Morgan fingerprint density at radius 2 is 2.04 bits per heavy atom. The zero-order valence-corrected chi connectivity index (χ0v) is 18.2. The third kappa shape index (κ3) is 3.44. The maximum atomic E-state index is 6.86. The van der Waals surface area contributed by atoms with Gasteiger partial charge in [-0.1, -0.05) is 26.8 Å². The molecule has 0 aromatic carbocycles. The van der Waals surface area contributed by atoms with Crippen LogP contribution in [-0.2, 0) is 4.43 Å². The van der Waals surface area contributed by atoms with Gasteiger partial charge in [-0.3, -0.25) is 9.38 Å². The van der Waals surface area contributed by atoms with Crippen LogP contribution in [-0.4, -0.2) is 22.7 Å². The van der Waals surface area contributed by atoms with Gasteiger partial charge in [-0.25, -0.2) is 4.98 Å². The molecule has 0 N–H and O–H groups in total. The van der Waals surface area contributed by atoms with E-state index in [-0.39, 0.29) is 6.10 Å². The molecule has 3 rings (SSSR count). The molecule has 0 aliphatic carbocycles. The Kier molecular flexibility index (Phi) is 5.73. The molecule has 4 nitrogen and oxygen atoms in total. The largest absolute Gasteiger partial charge is 0.404 e. The lowest BCUT2D eigenvalue weighted by molar-refractivity contribution is 0.227. The van der Waals surface area contributed by atoms with Crippen molar-refractivity contribution in [2.45, 2.75) is 45.0 Å². The van der Waals surface area contributed by atoms with Crippen molar-refractivity contribution in [1.82, 2.24) is 14.4 Å². The Bertz CT molecular complexity index is 792. The van der Waals surface area contributed by atoms with Gasteiger partial charge in [0.1, 0.15) is 23.0 Å². The monoisotopic (exact) mass is 471 g/mol. The van der Waals surface area contributed by atoms with Gasteiger partial charge in [0.15, 0.2) is 8.32 Å². The van der Waals surface area contributed by atoms with Gasteiger partial charge in [0.05, 0.1) is 2.88 Å². The molecule has 0 radical (unpaired) electrons. The topological polar surface area (TPSA) is 39.4 Å². The summed E-state index contributed by atoms with van der Waals surface area (Å²) in [5, 5.41) is 0. The van der Waals surface area contributed by atoms with Crippen LogP contribution in [0.2, 0.25) is 18.1 Å². The van der Waals surface area contributed by atoms with E-state index in [4.69, 9.17) is 9.41 Å². The molecule has 128 valence electrons. The Balaban J connectivity index is 2.09. The molecule has 1 atom stereocenters. The first-order chi connectivity index (χ1) is 11.6. The molecule has 0 saturated heterocycles. The van der Waals surface area contributed by atoms with E-state index in [1.54, 1.807) is 11.3 Å². The predicted molar refractivity (Wildman–Crippen MR) is 110 cm³/mol. The van der Waals surface area contributed by atoms with Crippen molar-refractivity contribution in [3.8, 4) is 0 Å². The number of fused-ring (bicyclic) bond motifs is 1. The van der Waals surface area contributed by atoms with Crippen LogP contribution >= 0.6 is 33.9 Å². The summed E-state index contributed by atoms with van der Waals surface area (Å²) in [6, 6.07) is 7.44. The molecule has 0 aliphatic heterocycles. The van der Waals surface area contributed by atoms with Gasteiger partial charge in [0, 0.05) is 24.2 Å². The van der Waals surface area contributed by atoms with Crippen molar-refractivity contribution in [3.63, 3.8) is 0 Å². The fraction of sp³-hybridized carbons (Fsp3) is 0.412. The molecule has 0 fully saturated rings. The molecule has 1 unspecified atom stereocenters. The van der Waals surface area contributed by atoms with Crippen molar-refractivity contribution in [2.75, 3.05) is 0 Å². The third-order valence-corrected chi connectivity index (χ3v) is 11.2. The van der Waals surface area contributed by atoms with Crippen LogP contribution in [0.3, 0.4) is 0 Å². The highest BCUT2D eigenvalue weighted by Crippen LogP contribution is 2.36. The molecule has 0 saturated carbocycles. The summed E-state index contributed by atoms with van der Waals surface area (Å²) in [5.41, 5.74) is 2.11. The van der Waals surface area contributed by atoms with E-state index in [0.717, 1.165) is 29.4 Å². The number of pyridine rings is 1. The van der Waals surface area contributed by atoms with Crippen LogP contribution < -0.4 is 0 Å². The lowest BCUT2D eigenvalue weighted by Crippen LogP contribution is -2.37. The number of nitrogens with zero attached hydrogens (tertiary/aromatic N) is 3. The second kappa shape index (κ2) is 7.63. The first-order valence-electron chi connectivity index (χ1n) is 8.32. The lowest BCUT2D eigenvalue weighted by atomic mass is 10.1. The molecule has 7 heteroatoms. The van der Waals surface area contributed by atoms with Crippen LogP contribution in [0.4, 0.5) is 0 Å². The molecule has 0 aliphatic rings. The van der Waals surface area contributed by atoms with Crippen molar-refractivity contribution in [3.05, 3.63) is 51.2 Å². The second-order valence-electron chi connectivity index (χ2n) is 5.91. The van der Waals surface area contributed by atoms with Crippen molar-refractivity contribution in [1.29, 1.82) is 0 Å². The summed E-state index contributed by atoms with van der Waals surface area (Å²) in [4.78, 5) is 10.2. The zero-order valence-electron chi connectivity index (χ0n) is 14.2. The number of hydrogen-bond acceptors (Lipinski definition) is 4. The molecule has 0 spiro atoms. The molecular formula is C17H22IN3OSSi. The highest BCUT2D eigenvalue weighted by Gasteiger charge is 2.35. The summed E-state index contributed by atoms with van der Waals surface area (Å²) >= 11 is 4.12. The van der Waals surface area contributed by atoms with E-state index < -0.39 is 8.32 Å². The number of hydrogen-bond donors (Lipinski definition) is 0. The minimum absolute atomic E-state index is 0.135. The number of halogens is 1. The van der Waals surface area contributed by atoms with Crippen LogP contribution in [0, 0.1) is 2.88 Å². The fourth-order valence-electron chi connectivity index (χ4n) is 3.03. The van der Waals surface area contributed by atoms with Crippen molar-refractivity contribution < 1.29 is 4.43 Å². The zero-order chi connectivity index (χ0) is 17.2. The van der Waals surface area contributed by atoms with Gasteiger partial charge in [-0.05, 0) is 46.8 Å². The van der Waals surface area contributed by atoms with E-state index in [9.17, 15) is 0 Å². The molecule has 3 heterocycles. The average molecular weight is 471 g/mol. The third-order valence-electron chi connectivity index (χ3n) is 4.75. The number of rotatable bonds is 7. The Morgan fingerprint density at radius 3 is 2.67 bits per heavy atom. The van der Waals surface area contributed by atoms with Gasteiger partial charge < -0.3 is 4.43 Å². The smallest absolute Gasteiger partial charge is 0.193 e. The highest BCUT2D eigenvalue weighted by molar-refractivity contribution is 14.1. The van der Waals surface area contributed by atoms with Crippen LogP contribution in [0.15, 0.2) is 37.1 Å². The summed E-state index contributed by atoms with van der Waals surface area (Å²) in [7, 11) is -1.77. The Labute approximate surface area is 161 Å². The van der Waals surface area contributed by atoms with Crippen molar-refractivity contribution >= 4 is 47.1 Å². The van der Waals surface area contributed by atoms with Gasteiger partial charge in [0.2, 0.25) is 0 Å². The van der Waals surface area contributed by atoms with Crippen LogP contribution in [0.1, 0.15) is 38.1 Å². The van der Waals surface area contributed by atoms with Crippen molar-refractivity contribution in [2.24, 2.45) is 0 Å². The van der Waals surface area contributed by atoms with E-state index in [1.165, 1.54) is 7.71 Å². The number of aromatic nitrogens is 3. The minimum atomic E-state index is -1.77. The van der Waals surface area contributed by atoms with Gasteiger partial charge in [-0.15, -0.1) is 11.3 Å². The maximum Gasteiger partial charge on any atom is 0.193 e. The molecule has 3 aromatic rings. The van der Waals surface area contributed by atoms with E-state index in [1.807, 2.05) is 24.8 Å². The highest BCUT2D eigenvalue weighted by atomic mass is 127. The Hall–Kier alpha value is -0.773. The SMILES string of the molecule is CC[Si](CC)(CC)OC(c1cccnc1)c1ncn2cc(I)sc12. The van der Waals surface area contributed by atoms with E-state index >= 15 is 0 Å². The Morgan fingerprint density at radius 1 is 1.29 bits per heavy atom. The quantitative estimate of drug-likeness (QED) is 0.337. The molecular weight excluding hydrogens is 449 g/mol. The standard InChI is InChI=1S/C17H22IN3OSSi/c1-4-24(5-2,6-3)22-16(13-8-7-9-19-10-13)15-17-21(12-20-15)11-14(18)23-17/h7-12,16H,4-6H2,1-3H3. The average Bonchev–Trinajstić information content (AvgIpc) is 3.17. The first kappa shape index (κ1) is 18.0. The minimum Gasteiger partial charge on any atom is -0.404 e.